The van der Waals surface area contributed by atoms with E-state index in [-0.39, 0.29) is 42.9 Å². The molecule has 5 N–H and O–H groups in total. The van der Waals surface area contributed by atoms with Crippen LogP contribution in [0.25, 0.3) is 0 Å². The predicted octanol–water partition coefficient (Wildman–Crippen LogP) is 4.97. The van der Waals surface area contributed by atoms with Gasteiger partial charge in [-0.3, -0.25) is 19.2 Å². The van der Waals surface area contributed by atoms with Crippen molar-refractivity contribution >= 4 is 41.4 Å². The molecule has 0 unspecified atom stereocenters. The van der Waals surface area contributed by atoms with Crippen LogP contribution in [0.5, 0.6) is 0 Å². The van der Waals surface area contributed by atoms with Gasteiger partial charge >= 0.3 is 17.9 Å². The summed E-state index contributed by atoms with van der Waals surface area (Å²) in [4.78, 5) is 69.6. The third-order valence-electron chi connectivity index (χ3n) is 14.6. The molecule has 2 heterocycles. The minimum Gasteiger partial charge on any atom is -0.459 e. The summed E-state index contributed by atoms with van der Waals surface area (Å²) in [5.41, 5.74) is -6.78. The lowest BCUT2D eigenvalue weighted by atomic mass is 9.44. The van der Waals surface area contributed by atoms with Crippen molar-refractivity contribution in [2.75, 3.05) is 18.1 Å². The standard InChI is InChI=1S/C47H67NO13S/c1-28-31-26-47(57)42(40-45(5,41(55)38(53)36(28)44(47,3)4)32(50)25-33-46(40,27-58-33)61-29(2)49)60-35(52)22-16-9-7-11-18-24-62-23-17-10-6-8-15-21-34(51)48-37(39(54)43(56)59-31)30-19-13-12-14-20-30/h12-14,19-20,31-33,37-40,42,50,53-54,57H,6-11,15-18,21-27H2,1-5H3,(H,48,51)/t31-,32-,33+,37-,38+,39+,40-,42+,45+,46-,47+/m0/s1. The van der Waals surface area contributed by atoms with E-state index in [1.165, 1.54) is 13.8 Å². The van der Waals surface area contributed by atoms with Gasteiger partial charge in [0.25, 0.3) is 0 Å². The second-order valence-electron chi connectivity index (χ2n) is 18.9. The molecular weight excluding hydrogens is 819 g/mol. The highest BCUT2D eigenvalue weighted by Gasteiger charge is 2.78. The van der Waals surface area contributed by atoms with E-state index < -0.39 is 101 Å². The monoisotopic (exact) mass is 885 g/mol. The molecule has 5 aliphatic rings. The van der Waals surface area contributed by atoms with Crippen molar-refractivity contribution in [3.05, 3.63) is 47.0 Å². The van der Waals surface area contributed by atoms with Crippen LogP contribution in [0.2, 0.25) is 0 Å². The summed E-state index contributed by atoms with van der Waals surface area (Å²) < 4.78 is 24.4. The number of aliphatic hydroxyl groups is 4. The van der Waals surface area contributed by atoms with Crippen molar-refractivity contribution in [3.63, 3.8) is 0 Å². The first kappa shape index (κ1) is 48.1. The van der Waals surface area contributed by atoms with Crippen LogP contribution in [0.1, 0.15) is 136 Å². The van der Waals surface area contributed by atoms with Crippen LogP contribution in [-0.2, 0) is 42.9 Å². The van der Waals surface area contributed by atoms with Gasteiger partial charge in [-0.2, -0.15) is 11.8 Å². The van der Waals surface area contributed by atoms with Gasteiger partial charge in [0.1, 0.15) is 30.0 Å². The number of amides is 1. The predicted molar refractivity (Wildman–Crippen MR) is 229 cm³/mol. The summed E-state index contributed by atoms with van der Waals surface area (Å²) in [6.07, 6.45) is -0.943. The first-order valence-electron chi connectivity index (χ1n) is 22.6. The van der Waals surface area contributed by atoms with Crippen molar-refractivity contribution in [1.82, 2.24) is 5.32 Å². The summed E-state index contributed by atoms with van der Waals surface area (Å²) in [6, 6.07) is 7.33. The number of fused-ring (bicyclic) bond motifs is 6. The Kier molecular flexibility index (Phi) is 15.4. The summed E-state index contributed by atoms with van der Waals surface area (Å²) in [5.74, 6) is -3.09. The molecule has 15 heteroatoms. The summed E-state index contributed by atoms with van der Waals surface area (Å²) >= 11 is 1.93. The van der Waals surface area contributed by atoms with Crippen molar-refractivity contribution in [2.45, 2.75) is 178 Å². The van der Waals surface area contributed by atoms with Gasteiger partial charge in [0.15, 0.2) is 17.5 Å². The zero-order valence-corrected chi connectivity index (χ0v) is 37.7. The molecule has 0 radical (unpaired) electrons. The molecule has 0 spiro atoms. The minimum absolute atomic E-state index is 0.0000156. The van der Waals surface area contributed by atoms with E-state index in [0.717, 1.165) is 62.9 Å². The molecule has 1 amide bonds. The number of ether oxygens (including phenoxy) is 4. The Morgan fingerprint density at radius 2 is 1.47 bits per heavy atom. The second kappa shape index (κ2) is 19.8. The van der Waals surface area contributed by atoms with Gasteiger partial charge in [-0.1, -0.05) is 82.7 Å². The number of nitrogens with one attached hydrogen (secondary N) is 1. The van der Waals surface area contributed by atoms with Gasteiger partial charge in [-0.25, -0.2) is 4.79 Å². The largest absolute Gasteiger partial charge is 0.459 e. The van der Waals surface area contributed by atoms with Crippen LogP contribution in [0.15, 0.2) is 41.5 Å². The van der Waals surface area contributed by atoms with Gasteiger partial charge in [0, 0.05) is 38.0 Å². The number of esters is 3. The van der Waals surface area contributed by atoms with Crippen LogP contribution in [0, 0.1) is 16.7 Å². The van der Waals surface area contributed by atoms with Gasteiger partial charge in [-0.05, 0) is 67.7 Å². The number of hydrogen-bond donors (Lipinski definition) is 5. The van der Waals surface area contributed by atoms with Gasteiger partial charge < -0.3 is 44.7 Å². The third-order valence-corrected chi connectivity index (χ3v) is 15.7. The molecule has 344 valence electrons. The lowest BCUT2D eigenvalue weighted by Gasteiger charge is -2.67. The Bertz CT molecular complexity index is 1840. The molecule has 14 nitrogen and oxygen atoms in total. The molecule has 4 fully saturated rings. The fourth-order valence-corrected chi connectivity index (χ4v) is 12.0. The average molecular weight is 886 g/mol. The molecular formula is C47H67NO13S. The highest BCUT2D eigenvalue weighted by Crippen LogP contribution is 2.64. The van der Waals surface area contributed by atoms with Crippen LogP contribution < -0.4 is 5.32 Å². The Balaban J connectivity index is 1.43. The molecule has 2 aliphatic heterocycles. The van der Waals surface area contributed by atoms with Crippen molar-refractivity contribution in [1.29, 1.82) is 0 Å². The van der Waals surface area contributed by atoms with Crippen molar-refractivity contribution in [3.8, 4) is 0 Å². The van der Waals surface area contributed by atoms with E-state index >= 15 is 4.79 Å². The van der Waals surface area contributed by atoms with E-state index in [4.69, 9.17) is 18.9 Å². The molecule has 11 atom stereocenters. The number of aliphatic hydroxyl groups excluding tert-OH is 3. The second-order valence-corrected chi connectivity index (χ2v) is 20.1. The normalized spacial score (nSPS) is 38.3. The zero-order chi connectivity index (χ0) is 45.0. The van der Waals surface area contributed by atoms with E-state index in [2.05, 4.69) is 5.32 Å². The Labute approximate surface area is 369 Å². The minimum atomic E-state index is -2.26. The number of benzene rings is 1. The van der Waals surface area contributed by atoms with Crippen LogP contribution >= 0.6 is 11.8 Å². The zero-order valence-electron chi connectivity index (χ0n) is 36.9. The number of ketones is 1. The van der Waals surface area contributed by atoms with E-state index in [0.29, 0.717) is 18.4 Å². The van der Waals surface area contributed by atoms with Crippen molar-refractivity contribution < 1.29 is 63.3 Å². The molecule has 3 bridgehead atoms. The van der Waals surface area contributed by atoms with E-state index in [9.17, 15) is 39.6 Å². The number of hydrogen-bond acceptors (Lipinski definition) is 14. The quantitative estimate of drug-likeness (QED) is 0.151. The maximum Gasteiger partial charge on any atom is 0.338 e. The number of carbonyl (C=O) groups is 5. The van der Waals surface area contributed by atoms with Crippen LogP contribution in [-0.4, -0.2) is 116 Å². The van der Waals surface area contributed by atoms with Crippen molar-refractivity contribution in [2.24, 2.45) is 16.7 Å². The molecule has 2 saturated heterocycles. The molecule has 3 aliphatic carbocycles. The summed E-state index contributed by atoms with van der Waals surface area (Å²) in [5, 5.41) is 52.2. The molecule has 6 rings (SSSR count). The first-order chi connectivity index (χ1) is 29.4. The fraction of sp³-hybridized carbons (Fsp3) is 0.723. The Morgan fingerprint density at radius 1 is 0.855 bits per heavy atom. The Hall–Kier alpha value is -3.34. The highest BCUT2D eigenvalue weighted by atomic mass is 32.2. The maximum absolute atomic E-state index is 15.0. The number of thioether (sulfide) groups is 1. The van der Waals surface area contributed by atoms with Gasteiger partial charge in [0.05, 0.1) is 30.1 Å². The van der Waals surface area contributed by atoms with Crippen LogP contribution in [0.4, 0.5) is 0 Å². The molecule has 2 saturated carbocycles. The molecule has 0 aromatic heterocycles. The van der Waals surface area contributed by atoms with Crippen LogP contribution in [0.3, 0.4) is 0 Å². The summed E-state index contributed by atoms with van der Waals surface area (Å²) in [6.45, 7) is 7.16. The first-order valence-corrected chi connectivity index (χ1v) is 23.7. The van der Waals surface area contributed by atoms with Gasteiger partial charge in [0.2, 0.25) is 5.91 Å². The molecule has 1 aromatic rings. The number of Topliss-reactive ketones (excluding diaryl/α,β-unsaturated/α-hetero) is 1. The smallest absolute Gasteiger partial charge is 0.338 e. The van der Waals surface area contributed by atoms with E-state index in [1.54, 1.807) is 51.1 Å². The third kappa shape index (κ3) is 9.26. The lowest BCUT2D eigenvalue weighted by Crippen LogP contribution is -2.81. The van der Waals surface area contributed by atoms with Gasteiger partial charge in [-0.15, -0.1) is 0 Å². The highest BCUT2D eigenvalue weighted by molar-refractivity contribution is 7.99. The number of carbonyl (C=O) groups excluding carboxylic acids is 5. The summed E-state index contributed by atoms with van der Waals surface area (Å²) in [7, 11) is 0. The SMILES string of the molecule is CC(=O)O[C@@]12CO[C@@H]1C[C@H](O)[C@@]1(C)C(=O)[C@H](O)C3=C(C)[C@@H]4C[C@@](O)([C@H](OC(=O)CCCCCCCSCCCCCCCC(=O)N[C@@H](c5ccccc5)[C@@H](O)C(=O)O4)[C@H]21)C3(C)C. The lowest BCUT2D eigenvalue weighted by molar-refractivity contribution is -0.347. The fourth-order valence-electron chi connectivity index (χ4n) is 10.9. The van der Waals surface area contributed by atoms with E-state index in [1.807, 2.05) is 11.8 Å². The molecule has 1 aromatic carbocycles. The average Bonchev–Trinajstić information content (AvgIpc) is 3.22. The molecule has 62 heavy (non-hydrogen) atoms. The number of rotatable bonds is 2. The maximum atomic E-state index is 15.0. The Morgan fingerprint density at radius 3 is 2.08 bits per heavy atom. The topological polar surface area (TPSA) is 215 Å².